The maximum atomic E-state index is 13.0. The first-order valence-electron chi connectivity index (χ1n) is 9.13. The quantitative estimate of drug-likeness (QED) is 0.637. The van der Waals surface area contributed by atoms with Gasteiger partial charge in [-0.3, -0.25) is 5.32 Å². The summed E-state index contributed by atoms with van der Waals surface area (Å²) in [5.74, 6) is -1.25. The number of amides is 1. The molecular weight excluding hydrogens is 423 g/mol. The summed E-state index contributed by atoms with van der Waals surface area (Å²) in [5.41, 5.74) is 0.385. The van der Waals surface area contributed by atoms with Gasteiger partial charge < -0.3 is 18.8 Å². The number of alkyl halides is 3. The number of carbonyl (C=O) groups excluding carboxylic acids is 1. The van der Waals surface area contributed by atoms with Crippen LogP contribution in [-0.4, -0.2) is 43.5 Å². The molecule has 1 saturated heterocycles. The monoisotopic (exact) mass is 441 g/mol. The van der Waals surface area contributed by atoms with Crippen LogP contribution in [0.25, 0.3) is 10.2 Å². The fourth-order valence-corrected chi connectivity index (χ4v) is 4.13. The van der Waals surface area contributed by atoms with E-state index in [4.69, 9.17) is 9.47 Å². The lowest BCUT2D eigenvalue weighted by atomic mass is 10.3. The average Bonchev–Trinajstić information content (AvgIpc) is 3.19. The molecule has 1 aliphatic heterocycles. The Morgan fingerprint density at radius 2 is 2.17 bits per heavy atom. The van der Waals surface area contributed by atoms with E-state index >= 15 is 0 Å². The van der Waals surface area contributed by atoms with Gasteiger partial charge in [-0.15, -0.1) is 0 Å². The van der Waals surface area contributed by atoms with Crippen LogP contribution in [0.3, 0.4) is 0 Å². The van der Waals surface area contributed by atoms with Gasteiger partial charge in [0.05, 0.1) is 35.7 Å². The number of rotatable bonds is 3. The van der Waals surface area contributed by atoms with E-state index in [1.165, 1.54) is 18.3 Å². The third kappa shape index (κ3) is 4.51. The fourth-order valence-electron chi connectivity index (χ4n) is 3.13. The largest absolute Gasteiger partial charge is 0.455 e. The topological polar surface area (TPSA) is 76.8 Å². The molecule has 3 aromatic rings. The Morgan fingerprint density at radius 3 is 2.93 bits per heavy atom. The van der Waals surface area contributed by atoms with E-state index in [-0.39, 0.29) is 12.4 Å². The molecule has 30 heavy (non-hydrogen) atoms. The Bertz CT molecular complexity index is 1020. The zero-order valence-corrected chi connectivity index (χ0v) is 16.7. The SMILES string of the molecule is Cc1cc(NC(=O)O[C@H]2COCCN(c3nc4ccccc4s3)C2)c(C(F)(F)F)o1. The lowest BCUT2D eigenvalue weighted by Crippen LogP contribution is -2.36. The average molecular weight is 441 g/mol. The molecule has 0 saturated carbocycles. The van der Waals surface area contributed by atoms with Gasteiger partial charge in [0, 0.05) is 12.6 Å². The molecular formula is C19H18F3N3O4S. The maximum Gasteiger partial charge on any atom is 0.451 e. The van der Waals surface area contributed by atoms with Crippen LogP contribution in [0.15, 0.2) is 34.7 Å². The van der Waals surface area contributed by atoms with E-state index in [2.05, 4.69) is 14.7 Å². The minimum absolute atomic E-state index is 0.0254. The smallest absolute Gasteiger partial charge is 0.451 e. The Hall–Kier alpha value is -2.79. The lowest BCUT2D eigenvalue weighted by Gasteiger charge is -2.22. The minimum atomic E-state index is -4.73. The van der Waals surface area contributed by atoms with Crippen molar-refractivity contribution in [2.45, 2.75) is 19.2 Å². The van der Waals surface area contributed by atoms with Gasteiger partial charge in [0.1, 0.15) is 11.9 Å². The van der Waals surface area contributed by atoms with Crippen LogP contribution in [-0.2, 0) is 15.7 Å². The third-order valence-electron chi connectivity index (χ3n) is 4.41. The van der Waals surface area contributed by atoms with Crippen LogP contribution in [0.4, 0.5) is 28.8 Å². The van der Waals surface area contributed by atoms with Crippen molar-refractivity contribution in [2.24, 2.45) is 0 Å². The summed E-state index contributed by atoms with van der Waals surface area (Å²) < 4.78 is 55.6. The third-order valence-corrected chi connectivity index (χ3v) is 5.51. The van der Waals surface area contributed by atoms with E-state index in [0.29, 0.717) is 19.7 Å². The Balaban J connectivity index is 1.44. The first kappa shape index (κ1) is 20.5. The van der Waals surface area contributed by atoms with Crippen molar-refractivity contribution in [1.29, 1.82) is 0 Å². The second-order valence-corrected chi connectivity index (χ2v) is 7.74. The van der Waals surface area contributed by atoms with Crippen LogP contribution in [0.1, 0.15) is 11.5 Å². The molecule has 0 bridgehead atoms. The highest BCUT2D eigenvalue weighted by atomic mass is 32.1. The molecule has 1 amide bonds. The summed E-state index contributed by atoms with van der Waals surface area (Å²) in [6.45, 7) is 2.77. The summed E-state index contributed by atoms with van der Waals surface area (Å²) in [6, 6.07) is 8.81. The normalized spacial score (nSPS) is 17.7. The van der Waals surface area contributed by atoms with Crippen molar-refractivity contribution >= 4 is 38.5 Å². The molecule has 0 aliphatic carbocycles. The van der Waals surface area contributed by atoms with E-state index in [0.717, 1.165) is 21.4 Å². The number of aromatic nitrogens is 1. The molecule has 1 fully saturated rings. The van der Waals surface area contributed by atoms with Gasteiger partial charge >= 0.3 is 12.3 Å². The summed E-state index contributed by atoms with van der Waals surface area (Å²) >= 11 is 1.51. The zero-order chi connectivity index (χ0) is 21.3. The number of carbonyl (C=O) groups is 1. The van der Waals surface area contributed by atoms with E-state index in [1.54, 1.807) is 0 Å². The number of halogens is 3. The van der Waals surface area contributed by atoms with Crippen LogP contribution in [0.5, 0.6) is 0 Å². The fraction of sp³-hybridized carbons (Fsp3) is 0.368. The summed E-state index contributed by atoms with van der Waals surface area (Å²) in [4.78, 5) is 18.8. The second kappa shape index (κ2) is 8.15. The van der Waals surface area contributed by atoms with Gasteiger partial charge in [0.25, 0.3) is 0 Å². The van der Waals surface area contributed by atoms with Gasteiger partial charge in [0.2, 0.25) is 5.76 Å². The molecule has 1 atom stereocenters. The number of aryl methyl sites for hydroxylation is 1. The molecule has 1 N–H and O–H groups in total. The molecule has 0 radical (unpaired) electrons. The standard InChI is InChI=1S/C19H18F3N3O4S/c1-11-8-14(16(28-11)19(20,21)22)24-18(26)29-12-9-25(6-7-27-10-12)17-23-13-4-2-3-5-15(13)30-17/h2-5,8,12H,6-7,9-10H2,1H3,(H,24,26)/t12-/m1/s1. The highest BCUT2D eigenvalue weighted by molar-refractivity contribution is 7.22. The molecule has 4 rings (SSSR count). The summed E-state index contributed by atoms with van der Waals surface area (Å²) in [5, 5.41) is 2.88. The first-order chi connectivity index (χ1) is 14.3. The molecule has 11 heteroatoms. The number of nitrogens with zero attached hydrogens (tertiary/aromatic N) is 2. The number of ether oxygens (including phenoxy) is 2. The number of fused-ring (bicyclic) bond motifs is 1. The predicted molar refractivity (Wildman–Crippen MR) is 105 cm³/mol. The zero-order valence-electron chi connectivity index (χ0n) is 15.9. The van der Waals surface area contributed by atoms with Crippen molar-refractivity contribution in [3.8, 4) is 0 Å². The van der Waals surface area contributed by atoms with Crippen LogP contribution in [0.2, 0.25) is 0 Å². The molecule has 3 heterocycles. The number of hydrogen-bond acceptors (Lipinski definition) is 7. The molecule has 2 aromatic heterocycles. The molecule has 0 unspecified atom stereocenters. The van der Waals surface area contributed by atoms with E-state index in [9.17, 15) is 18.0 Å². The molecule has 1 aliphatic rings. The van der Waals surface area contributed by atoms with Gasteiger partial charge in [-0.05, 0) is 19.1 Å². The van der Waals surface area contributed by atoms with Crippen LogP contribution < -0.4 is 10.2 Å². The second-order valence-electron chi connectivity index (χ2n) is 6.74. The highest BCUT2D eigenvalue weighted by Crippen LogP contribution is 2.37. The number of para-hydroxylation sites is 1. The van der Waals surface area contributed by atoms with Crippen molar-refractivity contribution in [3.63, 3.8) is 0 Å². The maximum absolute atomic E-state index is 13.0. The number of nitrogens with one attached hydrogen (secondary N) is 1. The van der Waals surface area contributed by atoms with Gasteiger partial charge in [0.15, 0.2) is 5.13 Å². The van der Waals surface area contributed by atoms with Crippen LogP contribution in [0, 0.1) is 6.92 Å². The van der Waals surface area contributed by atoms with E-state index in [1.807, 2.05) is 29.2 Å². The number of thiazole rings is 1. The molecule has 1 aromatic carbocycles. The minimum Gasteiger partial charge on any atom is -0.455 e. The molecule has 160 valence electrons. The van der Waals surface area contributed by atoms with Crippen molar-refractivity contribution in [3.05, 3.63) is 41.9 Å². The van der Waals surface area contributed by atoms with Crippen molar-refractivity contribution < 1.29 is 31.9 Å². The summed E-state index contributed by atoms with van der Waals surface area (Å²) in [6.07, 6.45) is -6.42. The predicted octanol–water partition coefficient (Wildman–Crippen LogP) is 4.67. The molecule has 7 nitrogen and oxygen atoms in total. The lowest BCUT2D eigenvalue weighted by molar-refractivity contribution is -0.152. The van der Waals surface area contributed by atoms with Gasteiger partial charge in [-0.1, -0.05) is 23.5 Å². The number of hydrogen-bond donors (Lipinski definition) is 1. The van der Waals surface area contributed by atoms with Gasteiger partial charge in [-0.25, -0.2) is 9.78 Å². The van der Waals surface area contributed by atoms with Gasteiger partial charge in [-0.2, -0.15) is 13.2 Å². The Kier molecular flexibility index (Phi) is 5.56. The van der Waals surface area contributed by atoms with Crippen molar-refractivity contribution in [2.75, 3.05) is 36.5 Å². The highest BCUT2D eigenvalue weighted by Gasteiger charge is 2.39. The summed E-state index contributed by atoms with van der Waals surface area (Å²) in [7, 11) is 0. The number of benzene rings is 1. The molecule has 0 spiro atoms. The first-order valence-corrected chi connectivity index (χ1v) is 9.95. The van der Waals surface area contributed by atoms with Crippen molar-refractivity contribution in [1.82, 2.24) is 4.98 Å². The number of anilines is 2. The Labute approximate surface area is 173 Å². The van der Waals surface area contributed by atoms with E-state index < -0.39 is 29.8 Å². The Morgan fingerprint density at radius 1 is 1.37 bits per heavy atom. The van der Waals surface area contributed by atoms with Crippen LogP contribution >= 0.6 is 11.3 Å². The number of furan rings is 1.